The van der Waals surface area contributed by atoms with Crippen molar-refractivity contribution in [2.75, 3.05) is 0 Å². The number of aromatic nitrogens is 1. The van der Waals surface area contributed by atoms with Gasteiger partial charge in [-0.2, -0.15) is 0 Å². The van der Waals surface area contributed by atoms with E-state index in [1.165, 1.54) is 36.8 Å². The van der Waals surface area contributed by atoms with Gasteiger partial charge in [-0.05, 0) is 48.8 Å². The van der Waals surface area contributed by atoms with Crippen molar-refractivity contribution in [3.05, 3.63) is 29.6 Å². The van der Waals surface area contributed by atoms with E-state index in [1.807, 2.05) is 26.2 Å². The Kier molecular flexibility index (Phi) is 4.64. The topological polar surface area (TPSA) is 12.9 Å². The first-order chi connectivity index (χ1) is 6.86. The maximum Gasteiger partial charge on any atom is 0.0302 e. The van der Waals surface area contributed by atoms with Gasteiger partial charge < -0.3 is 0 Å². The van der Waals surface area contributed by atoms with Crippen molar-refractivity contribution in [2.45, 2.75) is 46.5 Å². The second-order valence-corrected chi connectivity index (χ2v) is 3.83. The van der Waals surface area contributed by atoms with Gasteiger partial charge in [0.2, 0.25) is 0 Å². The quantitative estimate of drug-likeness (QED) is 0.571. The van der Waals surface area contributed by atoms with Gasteiger partial charge in [-0.3, -0.25) is 4.98 Å². The molecule has 0 N–H and O–H groups in total. The Hall–Kier alpha value is -0.850. The Morgan fingerprint density at radius 3 is 2.50 bits per heavy atom. The van der Waals surface area contributed by atoms with E-state index in [-0.39, 0.29) is 0 Å². The normalized spacial score (nSPS) is 20.1. The number of fused-ring (bicyclic) bond motifs is 1. The molecule has 1 aromatic rings. The summed E-state index contributed by atoms with van der Waals surface area (Å²) < 4.78 is 0. The van der Waals surface area contributed by atoms with Crippen molar-refractivity contribution < 1.29 is 0 Å². The van der Waals surface area contributed by atoms with Crippen LogP contribution in [0.25, 0.3) is 0 Å². The Morgan fingerprint density at radius 1 is 1.14 bits per heavy atom. The van der Waals surface area contributed by atoms with E-state index in [2.05, 4.69) is 18.0 Å². The summed E-state index contributed by atoms with van der Waals surface area (Å²) in [5.41, 5.74) is 3.00. The average molecular weight is 191 g/mol. The summed E-state index contributed by atoms with van der Waals surface area (Å²) in [6.45, 7) is 6.35. The SMILES string of the molecule is CC.CC1CCc2ccncc2CC1. The molecule has 0 fully saturated rings. The lowest BCUT2D eigenvalue weighted by molar-refractivity contribution is 0.510. The molecule has 1 aliphatic carbocycles. The van der Waals surface area contributed by atoms with Crippen LogP contribution in [0.5, 0.6) is 0 Å². The number of hydrogen-bond acceptors (Lipinski definition) is 1. The molecule has 1 aromatic heterocycles. The molecule has 1 heterocycles. The highest BCUT2D eigenvalue weighted by atomic mass is 14.6. The van der Waals surface area contributed by atoms with Crippen LogP contribution in [0.1, 0.15) is 44.7 Å². The molecule has 1 heteroatoms. The molecule has 0 radical (unpaired) electrons. The average Bonchev–Trinajstić information content (AvgIpc) is 2.45. The minimum Gasteiger partial charge on any atom is -0.264 e. The van der Waals surface area contributed by atoms with Crippen LogP contribution in [-0.2, 0) is 12.8 Å². The molecule has 2 rings (SSSR count). The number of hydrogen-bond donors (Lipinski definition) is 0. The first-order valence-corrected chi connectivity index (χ1v) is 5.78. The van der Waals surface area contributed by atoms with Crippen LogP contribution in [0.4, 0.5) is 0 Å². The van der Waals surface area contributed by atoms with Crippen LogP contribution in [0.15, 0.2) is 18.5 Å². The van der Waals surface area contributed by atoms with E-state index < -0.39 is 0 Å². The third kappa shape index (κ3) is 2.83. The fourth-order valence-electron chi connectivity index (χ4n) is 1.87. The number of nitrogens with zero attached hydrogens (tertiary/aromatic N) is 1. The van der Waals surface area contributed by atoms with E-state index in [9.17, 15) is 0 Å². The predicted molar refractivity (Wildman–Crippen MR) is 61.4 cm³/mol. The van der Waals surface area contributed by atoms with Crippen molar-refractivity contribution in [1.29, 1.82) is 0 Å². The molecule has 14 heavy (non-hydrogen) atoms. The van der Waals surface area contributed by atoms with Crippen LogP contribution in [0.3, 0.4) is 0 Å². The molecule has 0 amide bonds. The van der Waals surface area contributed by atoms with Gasteiger partial charge in [-0.1, -0.05) is 20.8 Å². The summed E-state index contributed by atoms with van der Waals surface area (Å²) >= 11 is 0. The molecular weight excluding hydrogens is 170 g/mol. The van der Waals surface area contributed by atoms with Crippen molar-refractivity contribution in [1.82, 2.24) is 4.98 Å². The van der Waals surface area contributed by atoms with Crippen molar-refractivity contribution in [2.24, 2.45) is 5.92 Å². The largest absolute Gasteiger partial charge is 0.264 e. The highest BCUT2D eigenvalue weighted by Gasteiger charge is 2.11. The lowest BCUT2D eigenvalue weighted by Gasteiger charge is -2.03. The van der Waals surface area contributed by atoms with Gasteiger partial charge in [0.05, 0.1) is 0 Å². The summed E-state index contributed by atoms with van der Waals surface area (Å²) in [7, 11) is 0. The van der Waals surface area contributed by atoms with E-state index in [0.717, 1.165) is 5.92 Å². The Labute approximate surface area is 87.6 Å². The first kappa shape index (κ1) is 11.2. The van der Waals surface area contributed by atoms with Crippen molar-refractivity contribution >= 4 is 0 Å². The molecular formula is C13H21N. The maximum atomic E-state index is 4.16. The van der Waals surface area contributed by atoms with Gasteiger partial charge in [0, 0.05) is 12.4 Å². The van der Waals surface area contributed by atoms with E-state index >= 15 is 0 Å². The van der Waals surface area contributed by atoms with Crippen LogP contribution < -0.4 is 0 Å². The fraction of sp³-hybridized carbons (Fsp3) is 0.615. The van der Waals surface area contributed by atoms with E-state index in [4.69, 9.17) is 0 Å². The second-order valence-electron chi connectivity index (χ2n) is 3.83. The highest BCUT2D eigenvalue weighted by molar-refractivity contribution is 5.24. The Bertz CT molecular complexity index is 241. The van der Waals surface area contributed by atoms with Gasteiger partial charge >= 0.3 is 0 Å². The lowest BCUT2D eigenvalue weighted by atomic mass is 10.0. The zero-order chi connectivity index (χ0) is 10.4. The van der Waals surface area contributed by atoms with Gasteiger partial charge in [0.1, 0.15) is 0 Å². The molecule has 0 aliphatic heterocycles. The smallest absolute Gasteiger partial charge is 0.0302 e. The fourth-order valence-corrected chi connectivity index (χ4v) is 1.87. The van der Waals surface area contributed by atoms with Gasteiger partial charge in [0.25, 0.3) is 0 Å². The summed E-state index contributed by atoms with van der Waals surface area (Å²) in [6.07, 6.45) is 9.10. The highest BCUT2D eigenvalue weighted by Crippen LogP contribution is 2.22. The van der Waals surface area contributed by atoms with Crippen LogP contribution >= 0.6 is 0 Å². The molecule has 0 aromatic carbocycles. The van der Waals surface area contributed by atoms with E-state index in [1.54, 1.807) is 0 Å². The Balaban J connectivity index is 0.000000461. The molecule has 1 atom stereocenters. The summed E-state index contributed by atoms with van der Waals surface area (Å²) in [5, 5.41) is 0. The summed E-state index contributed by atoms with van der Waals surface area (Å²) in [5.74, 6) is 0.886. The van der Waals surface area contributed by atoms with Crippen molar-refractivity contribution in [3.8, 4) is 0 Å². The van der Waals surface area contributed by atoms with Gasteiger partial charge in [0.15, 0.2) is 0 Å². The molecule has 0 spiro atoms. The predicted octanol–water partition coefficient (Wildman–Crippen LogP) is 3.62. The third-order valence-electron chi connectivity index (χ3n) is 2.82. The van der Waals surface area contributed by atoms with Crippen molar-refractivity contribution in [3.63, 3.8) is 0 Å². The van der Waals surface area contributed by atoms with Crippen LogP contribution in [0.2, 0.25) is 0 Å². The minimum absolute atomic E-state index is 0.886. The van der Waals surface area contributed by atoms with Crippen LogP contribution in [0, 0.1) is 5.92 Å². The molecule has 0 saturated heterocycles. The number of aryl methyl sites for hydroxylation is 2. The third-order valence-corrected chi connectivity index (χ3v) is 2.82. The molecule has 78 valence electrons. The first-order valence-electron chi connectivity index (χ1n) is 5.78. The van der Waals surface area contributed by atoms with Crippen LogP contribution in [-0.4, -0.2) is 4.98 Å². The van der Waals surface area contributed by atoms with Gasteiger partial charge in [-0.25, -0.2) is 0 Å². The molecule has 0 bridgehead atoms. The second kappa shape index (κ2) is 5.79. The molecule has 1 unspecified atom stereocenters. The summed E-state index contributed by atoms with van der Waals surface area (Å²) in [4.78, 5) is 4.16. The standard InChI is InChI=1S/C11H15N.C2H6/c1-9-2-4-10-6-7-12-8-11(10)5-3-9;1-2/h6-9H,2-5H2,1H3;1-2H3. The number of pyridine rings is 1. The van der Waals surface area contributed by atoms with Gasteiger partial charge in [-0.15, -0.1) is 0 Å². The maximum absolute atomic E-state index is 4.16. The summed E-state index contributed by atoms with van der Waals surface area (Å²) in [6, 6.07) is 2.17. The molecule has 1 nitrogen and oxygen atoms in total. The zero-order valence-electron chi connectivity index (χ0n) is 9.59. The van der Waals surface area contributed by atoms with E-state index in [0.29, 0.717) is 0 Å². The lowest BCUT2D eigenvalue weighted by Crippen LogP contribution is -1.92. The molecule has 0 saturated carbocycles. The Morgan fingerprint density at radius 2 is 1.79 bits per heavy atom. The number of rotatable bonds is 0. The minimum atomic E-state index is 0.886. The molecule has 1 aliphatic rings. The monoisotopic (exact) mass is 191 g/mol. The zero-order valence-corrected chi connectivity index (χ0v) is 9.59.